The zero-order valence-electron chi connectivity index (χ0n) is 4.93. The molecule has 0 aromatic heterocycles. The summed E-state index contributed by atoms with van der Waals surface area (Å²) in [5.41, 5.74) is 0.453. The van der Waals surface area contributed by atoms with Gasteiger partial charge in [0.15, 0.2) is 0 Å². The van der Waals surface area contributed by atoms with E-state index in [0.717, 1.165) is 0 Å². The summed E-state index contributed by atoms with van der Waals surface area (Å²) in [7, 11) is 0. The monoisotopic (exact) mass is 106 g/mol. The molecule has 0 aliphatic heterocycles. The predicted octanol–water partition coefficient (Wildman–Crippen LogP) is -0.331. The van der Waals surface area contributed by atoms with Crippen LogP contribution in [0.5, 0.6) is 0 Å². The standard InChI is InChI=1S/C4H12NO2/c1-4(2,3)7-5-6/h6H,5H2,1-3H3/q+1. The van der Waals surface area contributed by atoms with Crippen LogP contribution in [0.1, 0.15) is 20.8 Å². The molecule has 3 nitrogen and oxygen atoms in total. The molecule has 44 valence electrons. The lowest BCUT2D eigenvalue weighted by molar-refractivity contribution is -1.07. The van der Waals surface area contributed by atoms with E-state index in [2.05, 4.69) is 4.84 Å². The third kappa shape index (κ3) is 5.88. The Hall–Kier alpha value is -0.120. The van der Waals surface area contributed by atoms with E-state index in [1.165, 1.54) is 0 Å². The first kappa shape index (κ1) is 6.88. The first-order valence-corrected chi connectivity index (χ1v) is 2.20. The van der Waals surface area contributed by atoms with Crippen LogP contribution in [0.2, 0.25) is 0 Å². The molecule has 0 saturated heterocycles. The van der Waals surface area contributed by atoms with Crippen molar-refractivity contribution in [2.75, 3.05) is 0 Å². The van der Waals surface area contributed by atoms with Crippen LogP contribution < -0.4 is 5.64 Å². The summed E-state index contributed by atoms with van der Waals surface area (Å²) in [5.74, 6) is 0. The van der Waals surface area contributed by atoms with Gasteiger partial charge in [-0.1, -0.05) is 5.64 Å². The SMILES string of the molecule is CC(C)(C)O[NH2+]O. The average Bonchev–Trinajstić information content (AvgIpc) is 1.30. The van der Waals surface area contributed by atoms with Crippen LogP contribution in [-0.4, -0.2) is 10.8 Å². The van der Waals surface area contributed by atoms with Gasteiger partial charge < -0.3 is 0 Å². The van der Waals surface area contributed by atoms with E-state index in [1.54, 1.807) is 0 Å². The van der Waals surface area contributed by atoms with E-state index in [4.69, 9.17) is 5.21 Å². The second kappa shape index (κ2) is 2.26. The molecule has 0 fully saturated rings. The first-order valence-electron chi connectivity index (χ1n) is 2.20. The summed E-state index contributed by atoms with van der Waals surface area (Å²) >= 11 is 0. The minimum atomic E-state index is -0.255. The molecule has 0 spiro atoms. The molecule has 0 rings (SSSR count). The van der Waals surface area contributed by atoms with Gasteiger partial charge in [0.1, 0.15) is 5.60 Å². The number of rotatable bonds is 1. The Morgan fingerprint density at radius 1 is 1.43 bits per heavy atom. The van der Waals surface area contributed by atoms with Crippen molar-refractivity contribution in [3.8, 4) is 0 Å². The third-order valence-electron chi connectivity index (χ3n) is 0.406. The number of quaternary nitrogens is 1. The van der Waals surface area contributed by atoms with Gasteiger partial charge in [0.05, 0.1) is 0 Å². The van der Waals surface area contributed by atoms with E-state index in [0.29, 0.717) is 5.64 Å². The summed E-state index contributed by atoms with van der Waals surface area (Å²) in [4.78, 5) is 4.66. The molecule has 0 aromatic carbocycles. The highest BCUT2D eigenvalue weighted by molar-refractivity contribution is 4.53. The zero-order valence-corrected chi connectivity index (χ0v) is 4.93. The number of hydrogen-bond donors (Lipinski definition) is 2. The minimum Gasteiger partial charge on any atom is -0.186 e. The third-order valence-corrected chi connectivity index (χ3v) is 0.406. The van der Waals surface area contributed by atoms with Crippen molar-refractivity contribution in [2.24, 2.45) is 0 Å². The summed E-state index contributed by atoms with van der Waals surface area (Å²) < 4.78 is 0. The highest BCUT2D eigenvalue weighted by atomic mass is 16.8. The largest absolute Gasteiger partial charge is 0.186 e. The Morgan fingerprint density at radius 3 is 1.86 bits per heavy atom. The van der Waals surface area contributed by atoms with Crippen LogP contribution in [0.15, 0.2) is 0 Å². The second-order valence-electron chi connectivity index (χ2n) is 2.34. The molecule has 0 bridgehead atoms. The Morgan fingerprint density at radius 2 is 1.86 bits per heavy atom. The van der Waals surface area contributed by atoms with Gasteiger partial charge in [-0.3, -0.25) is 0 Å². The van der Waals surface area contributed by atoms with Crippen molar-refractivity contribution in [1.82, 2.24) is 0 Å². The lowest BCUT2D eigenvalue weighted by Crippen LogP contribution is -2.82. The van der Waals surface area contributed by atoms with Crippen LogP contribution in [-0.2, 0) is 4.84 Å². The van der Waals surface area contributed by atoms with Gasteiger partial charge in [0.25, 0.3) is 0 Å². The van der Waals surface area contributed by atoms with Crippen molar-refractivity contribution in [3.63, 3.8) is 0 Å². The van der Waals surface area contributed by atoms with E-state index in [9.17, 15) is 0 Å². The van der Waals surface area contributed by atoms with Crippen LogP contribution in [0.25, 0.3) is 0 Å². The normalized spacial score (nSPS) is 12.0. The van der Waals surface area contributed by atoms with Gasteiger partial charge in [-0.25, -0.2) is 0 Å². The molecule has 0 atom stereocenters. The molecule has 0 saturated carbocycles. The predicted molar refractivity (Wildman–Crippen MR) is 24.5 cm³/mol. The Labute approximate surface area is 43.2 Å². The van der Waals surface area contributed by atoms with Crippen molar-refractivity contribution in [3.05, 3.63) is 0 Å². The van der Waals surface area contributed by atoms with Crippen molar-refractivity contribution >= 4 is 0 Å². The second-order valence-corrected chi connectivity index (χ2v) is 2.34. The van der Waals surface area contributed by atoms with Crippen LogP contribution in [0, 0.1) is 0 Å². The average molecular weight is 106 g/mol. The molecule has 0 heterocycles. The van der Waals surface area contributed by atoms with Gasteiger partial charge >= 0.3 is 0 Å². The van der Waals surface area contributed by atoms with Crippen LogP contribution in [0.3, 0.4) is 0 Å². The molecule has 0 amide bonds. The van der Waals surface area contributed by atoms with Gasteiger partial charge in [0, 0.05) is 0 Å². The minimum absolute atomic E-state index is 0.255. The van der Waals surface area contributed by atoms with Gasteiger partial charge in [-0.15, -0.1) is 0 Å². The van der Waals surface area contributed by atoms with Gasteiger partial charge in [-0.05, 0) is 20.8 Å². The van der Waals surface area contributed by atoms with E-state index >= 15 is 0 Å². The smallest absolute Gasteiger partial charge is 0.123 e. The first-order chi connectivity index (χ1) is 3.06. The molecular formula is C4H12NO2+. The molecular weight excluding hydrogens is 94.0 g/mol. The fourth-order valence-corrected chi connectivity index (χ4v) is 0.158. The molecule has 0 aliphatic carbocycles. The lowest BCUT2D eigenvalue weighted by atomic mass is 10.2. The van der Waals surface area contributed by atoms with Crippen molar-refractivity contribution in [2.45, 2.75) is 26.4 Å². The number of nitrogens with two attached hydrogens (primary N) is 1. The maximum Gasteiger partial charge on any atom is 0.123 e. The molecule has 0 aliphatic rings. The molecule has 0 unspecified atom stereocenters. The fourth-order valence-electron chi connectivity index (χ4n) is 0.158. The molecule has 0 radical (unpaired) electrons. The maximum atomic E-state index is 8.05. The number of hydrogen-bond acceptors (Lipinski definition) is 2. The Balaban J connectivity index is 3.15. The molecule has 7 heavy (non-hydrogen) atoms. The molecule has 3 N–H and O–H groups in total. The van der Waals surface area contributed by atoms with E-state index < -0.39 is 0 Å². The Kier molecular flexibility index (Phi) is 2.22. The van der Waals surface area contributed by atoms with Gasteiger partial charge in [0.2, 0.25) is 0 Å². The summed E-state index contributed by atoms with van der Waals surface area (Å²) in [6.45, 7) is 5.58. The van der Waals surface area contributed by atoms with Crippen LogP contribution in [0.4, 0.5) is 0 Å². The molecule has 0 aromatic rings. The fraction of sp³-hybridized carbons (Fsp3) is 1.00. The lowest BCUT2D eigenvalue weighted by Gasteiger charge is -2.10. The summed E-state index contributed by atoms with van der Waals surface area (Å²) in [5, 5.41) is 8.05. The zero-order chi connectivity index (χ0) is 5.91. The topological polar surface area (TPSA) is 46.1 Å². The molecule has 3 heteroatoms. The Bertz CT molecular complexity index is 48.1. The van der Waals surface area contributed by atoms with E-state index in [-0.39, 0.29) is 5.60 Å². The maximum absolute atomic E-state index is 8.05. The van der Waals surface area contributed by atoms with Gasteiger partial charge in [-0.2, -0.15) is 10.0 Å². The van der Waals surface area contributed by atoms with Crippen molar-refractivity contribution < 1.29 is 15.7 Å². The highest BCUT2D eigenvalue weighted by Gasteiger charge is 2.11. The van der Waals surface area contributed by atoms with E-state index in [1.807, 2.05) is 20.8 Å². The quantitative estimate of drug-likeness (QED) is 0.449. The van der Waals surface area contributed by atoms with Crippen molar-refractivity contribution in [1.29, 1.82) is 0 Å². The van der Waals surface area contributed by atoms with Crippen LogP contribution >= 0.6 is 0 Å². The highest BCUT2D eigenvalue weighted by Crippen LogP contribution is 1.99. The summed E-state index contributed by atoms with van der Waals surface area (Å²) in [6, 6.07) is 0. The summed E-state index contributed by atoms with van der Waals surface area (Å²) in [6.07, 6.45) is 0.